The number of likely N-dealkylation sites (tertiary alicyclic amines) is 1. The lowest BCUT2D eigenvalue weighted by Crippen LogP contribution is -2.39. The van der Waals surface area contributed by atoms with E-state index in [9.17, 15) is 4.79 Å². The van der Waals surface area contributed by atoms with E-state index in [1.807, 2.05) is 11.9 Å². The molecule has 1 fully saturated rings. The first-order chi connectivity index (χ1) is 7.59. The molecule has 88 valence electrons. The zero-order valence-corrected chi connectivity index (χ0v) is 10.1. The summed E-state index contributed by atoms with van der Waals surface area (Å²) in [5.41, 5.74) is 0.650. The molecule has 0 radical (unpaired) electrons. The molecule has 1 atom stereocenters. The van der Waals surface area contributed by atoms with Crippen LogP contribution in [-0.2, 0) is 7.05 Å². The van der Waals surface area contributed by atoms with Crippen LogP contribution in [0.1, 0.15) is 16.9 Å². The van der Waals surface area contributed by atoms with E-state index in [1.165, 1.54) is 0 Å². The van der Waals surface area contributed by atoms with E-state index < -0.39 is 0 Å². The van der Waals surface area contributed by atoms with Crippen LogP contribution in [0.5, 0.6) is 0 Å². The standard InChI is InChI=1S/C11H18N4O/c1-13-7-5-9(8-13)14(2)11(16)10-4-6-12-15(10)3/h4,6,9H,5,7-8H2,1-3H3. The summed E-state index contributed by atoms with van der Waals surface area (Å²) >= 11 is 0. The molecule has 0 aromatic carbocycles. The quantitative estimate of drug-likeness (QED) is 0.717. The van der Waals surface area contributed by atoms with Gasteiger partial charge in [0.2, 0.25) is 0 Å². The highest BCUT2D eigenvalue weighted by atomic mass is 16.2. The van der Waals surface area contributed by atoms with Crippen LogP contribution in [0.25, 0.3) is 0 Å². The summed E-state index contributed by atoms with van der Waals surface area (Å²) in [5.74, 6) is 0.0558. The van der Waals surface area contributed by atoms with Gasteiger partial charge in [-0.15, -0.1) is 0 Å². The predicted molar refractivity (Wildman–Crippen MR) is 61.2 cm³/mol. The Kier molecular flexibility index (Phi) is 2.96. The first-order valence-electron chi connectivity index (χ1n) is 5.53. The Hall–Kier alpha value is -1.36. The third-order valence-corrected chi connectivity index (χ3v) is 3.27. The number of hydrogen-bond donors (Lipinski definition) is 0. The average molecular weight is 222 g/mol. The fourth-order valence-corrected chi connectivity index (χ4v) is 2.16. The number of likely N-dealkylation sites (N-methyl/N-ethyl adjacent to an activating group) is 2. The molecular weight excluding hydrogens is 204 g/mol. The van der Waals surface area contributed by atoms with Gasteiger partial charge in [-0.05, 0) is 26.1 Å². The fourth-order valence-electron chi connectivity index (χ4n) is 2.16. The Labute approximate surface area is 95.6 Å². The molecule has 0 bridgehead atoms. The highest BCUT2D eigenvalue weighted by Crippen LogP contribution is 2.14. The van der Waals surface area contributed by atoms with Crippen molar-refractivity contribution in [2.75, 3.05) is 27.2 Å². The van der Waals surface area contributed by atoms with Gasteiger partial charge in [-0.3, -0.25) is 9.48 Å². The summed E-state index contributed by atoms with van der Waals surface area (Å²) in [6.45, 7) is 2.02. The number of carbonyl (C=O) groups is 1. The van der Waals surface area contributed by atoms with Gasteiger partial charge >= 0.3 is 0 Å². The Balaban J connectivity index is 2.08. The average Bonchev–Trinajstić information content (AvgIpc) is 2.85. The second-order valence-corrected chi connectivity index (χ2v) is 4.46. The first kappa shape index (κ1) is 11.1. The molecule has 0 saturated carbocycles. The normalized spacial score (nSPS) is 21.3. The SMILES string of the molecule is CN1CCC(N(C)C(=O)c2ccnn2C)C1. The minimum atomic E-state index is 0.0558. The zero-order chi connectivity index (χ0) is 11.7. The van der Waals surface area contributed by atoms with Crippen LogP contribution in [0.4, 0.5) is 0 Å². The third kappa shape index (κ3) is 1.95. The largest absolute Gasteiger partial charge is 0.336 e. The summed E-state index contributed by atoms with van der Waals surface area (Å²) in [6, 6.07) is 2.09. The summed E-state index contributed by atoms with van der Waals surface area (Å²) in [4.78, 5) is 16.2. The van der Waals surface area contributed by atoms with Crippen molar-refractivity contribution < 1.29 is 4.79 Å². The highest BCUT2D eigenvalue weighted by Gasteiger charge is 2.27. The maximum atomic E-state index is 12.2. The second-order valence-electron chi connectivity index (χ2n) is 4.46. The topological polar surface area (TPSA) is 41.4 Å². The maximum absolute atomic E-state index is 12.2. The van der Waals surface area contributed by atoms with E-state index in [4.69, 9.17) is 0 Å². The van der Waals surface area contributed by atoms with Crippen LogP contribution in [-0.4, -0.2) is 58.7 Å². The maximum Gasteiger partial charge on any atom is 0.272 e. The molecule has 0 N–H and O–H groups in total. The van der Waals surface area contributed by atoms with Crippen LogP contribution in [0.15, 0.2) is 12.3 Å². The van der Waals surface area contributed by atoms with Gasteiger partial charge in [0.05, 0.1) is 0 Å². The van der Waals surface area contributed by atoms with Crippen molar-refractivity contribution in [1.82, 2.24) is 19.6 Å². The van der Waals surface area contributed by atoms with E-state index >= 15 is 0 Å². The Morgan fingerprint density at radius 2 is 2.31 bits per heavy atom. The van der Waals surface area contributed by atoms with Crippen LogP contribution in [0, 0.1) is 0 Å². The lowest BCUT2D eigenvalue weighted by Gasteiger charge is -2.24. The van der Waals surface area contributed by atoms with Gasteiger partial charge in [0.1, 0.15) is 5.69 Å². The summed E-state index contributed by atoms with van der Waals surface area (Å²) in [6.07, 6.45) is 2.71. The van der Waals surface area contributed by atoms with Crippen molar-refractivity contribution in [3.8, 4) is 0 Å². The molecule has 2 rings (SSSR count). The van der Waals surface area contributed by atoms with Crippen LogP contribution < -0.4 is 0 Å². The molecule has 0 spiro atoms. The third-order valence-electron chi connectivity index (χ3n) is 3.27. The van der Waals surface area contributed by atoms with Gasteiger partial charge in [-0.25, -0.2) is 0 Å². The van der Waals surface area contributed by atoms with Crippen LogP contribution in [0.3, 0.4) is 0 Å². The van der Waals surface area contributed by atoms with Gasteiger partial charge in [-0.1, -0.05) is 0 Å². The van der Waals surface area contributed by atoms with Crippen molar-refractivity contribution in [1.29, 1.82) is 0 Å². The molecule has 5 nitrogen and oxygen atoms in total. The monoisotopic (exact) mass is 222 g/mol. The van der Waals surface area contributed by atoms with Crippen molar-refractivity contribution in [3.05, 3.63) is 18.0 Å². The van der Waals surface area contributed by atoms with E-state index in [0.29, 0.717) is 11.7 Å². The van der Waals surface area contributed by atoms with Crippen LogP contribution in [0.2, 0.25) is 0 Å². The lowest BCUT2D eigenvalue weighted by molar-refractivity contribution is 0.0726. The smallest absolute Gasteiger partial charge is 0.272 e. The van der Waals surface area contributed by atoms with Gasteiger partial charge < -0.3 is 9.80 Å². The van der Waals surface area contributed by atoms with Gasteiger partial charge in [0.25, 0.3) is 5.91 Å². The number of carbonyl (C=O) groups excluding carboxylic acids is 1. The molecule has 1 saturated heterocycles. The molecule has 1 aromatic rings. The fraction of sp³-hybridized carbons (Fsp3) is 0.636. The second kappa shape index (κ2) is 4.25. The van der Waals surface area contributed by atoms with Crippen molar-refractivity contribution in [2.24, 2.45) is 7.05 Å². The highest BCUT2D eigenvalue weighted by molar-refractivity contribution is 5.92. The first-order valence-corrected chi connectivity index (χ1v) is 5.53. The van der Waals surface area contributed by atoms with Gasteiger partial charge in [0.15, 0.2) is 0 Å². The van der Waals surface area contributed by atoms with Gasteiger partial charge in [0, 0.05) is 32.9 Å². The summed E-state index contributed by atoms with van der Waals surface area (Å²) < 4.78 is 1.62. The van der Waals surface area contributed by atoms with Crippen LogP contribution >= 0.6 is 0 Å². The number of aryl methyl sites for hydroxylation is 1. The number of hydrogen-bond acceptors (Lipinski definition) is 3. The molecule has 1 aliphatic heterocycles. The molecule has 5 heteroatoms. The van der Waals surface area contributed by atoms with Crippen molar-refractivity contribution >= 4 is 5.91 Å². The van der Waals surface area contributed by atoms with Crippen molar-refractivity contribution in [2.45, 2.75) is 12.5 Å². The van der Waals surface area contributed by atoms with Crippen molar-refractivity contribution in [3.63, 3.8) is 0 Å². The minimum absolute atomic E-state index is 0.0558. The van der Waals surface area contributed by atoms with E-state index in [-0.39, 0.29) is 5.91 Å². The zero-order valence-electron chi connectivity index (χ0n) is 10.1. The van der Waals surface area contributed by atoms with Gasteiger partial charge in [-0.2, -0.15) is 5.10 Å². The van der Waals surface area contributed by atoms with E-state index in [1.54, 1.807) is 24.0 Å². The molecular formula is C11H18N4O. The molecule has 2 heterocycles. The molecule has 1 amide bonds. The number of aromatic nitrogens is 2. The summed E-state index contributed by atoms with van der Waals surface area (Å²) in [5, 5.41) is 4.02. The summed E-state index contributed by atoms with van der Waals surface area (Å²) in [7, 11) is 5.75. The van der Waals surface area contributed by atoms with E-state index in [2.05, 4.69) is 17.0 Å². The Bertz CT molecular complexity index is 387. The predicted octanol–water partition coefficient (Wildman–Crippen LogP) is 0.196. The molecule has 1 aliphatic rings. The molecule has 1 aromatic heterocycles. The minimum Gasteiger partial charge on any atom is -0.336 e. The van der Waals surface area contributed by atoms with E-state index in [0.717, 1.165) is 19.5 Å². The lowest BCUT2D eigenvalue weighted by atomic mass is 10.2. The molecule has 16 heavy (non-hydrogen) atoms. The molecule has 1 unspecified atom stereocenters. The molecule has 0 aliphatic carbocycles. The number of rotatable bonds is 2. The Morgan fingerprint density at radius 3 is 2.81 bits per heavy atom. The Morgan fingerprint density at radius 1 is 1.56 bits per heavy atom. The number of amides is 1. The number of nitrogens with zero attached hydrogens (tertiary/aromatic N) is 4.